The zero-order valence-corrected chi connectivity index (χ0v) is 14.5. The Balaban J connectivity index is 1.79. The van der Waals surface area contributed by atoms with Crippen LogP contribution in [0.4, 0.5) is 5.69 Å². The van der Waals surface area contributed by atoms with Crippen LogP contribution < -0.4 is 11.1 Å². The normalized spacial score (nSPS) is 16.3. The third-order valence-corrected chi connectivity index (χ3v) is 4.03. The van der Waals surface area contributed by atoms with Crippen molar-refractivity contribution >= 4 is 17.5 Å². The van der Waals surface area contributed by atoms with Gasteiger partial charge in [0.15, 0.2) is 0 Å². The van der Waals surface area contributed by atoms with Crippen LogP contribution in [0.25, 0.3) is 0 Å². The van der Waals surface area contributed by atoms with Gasteiger partial charge in [-0.1, -0.05) is 26.0 Å². The van der Waals surface area contributed by atoms with Crippen molar-refractivity contribution in [2.75, 3.05) is 31.6 Å². The number of hydrogen-bond acceptors (Lipinski definition) is 4. The molecule has 6 heteroatoms. The fourth-order valence-electron chi connectivity index (χ4n) is 2.76. The molecule has 1 aromatic carbocycles. The van der Waals surface area contributed by atoms with E-state index in [9.17, 15) is 9.59 Å². The summed E-state index contributed by atoms with van der Waals surface area (Å²) in [5, 5.41) is 2.78. The monoisotopic (exact) mass is 333 g/mol. The largest absolute Gasteiger partial charge is 0.378 e. The Morgan fingerprint density at radius 2 is 1.96 bits per heavy atom. The summed E-state index contributed by atoms with van der Waals surface area (Å²) in [6, 6.07) is 6.77. The number of ether oxygens (including phenoxy) is 1. The number of primary amides is 1. The predicted octanol–water partition coefficient (Wildman–Crippen LogP) is 1.86. The molecule has 2 amide bonds. The summed E-state index contributed by atoms with van der Waals surface area (Å²) < 4.78 is 5.86. The highest BCUT2D eigenvalue weighted by atomic mass is 16.5. The molecule has 6 nitrogen and oxygen atoms in total. The first-order chi connectivity index (χ1) is 11.5. The van der Waals surface area contributed by atoms with Crippen LogP contribution in [-0.4, -0.2) is 49.1 Å². The van der Waals surface area contributed by atoms with Crippen LogP contribution in [0.15, 0.2) is 24.3 Å². The van der Waals surface area contributed by atoms with Crippen molar-refractivity contribution in [2.45, 2.75) is 32.8 Å². The first-order valence-electron chi connectivity index (χ1n) is 8.48. The number of nitrogens with one attached hydrogen (secondary N) is 1. The van der Waals surface area contributed by atoms with Crippen LogP contribution in [0.5, 0.6) is 0 Å². The molecule has 1 saturated heterocycles. The van der Waals surface area contributed by atoms with Gasteiger partial charge in [-0.3, -0.25) is 14.5 Å². The lowest BCUT2D eigenvalue weighted by molar-refractivity contribution is -0.118. The lowest BCUT2D eigenvalue weighted by atomic mass is 10.1. The summed E-state index contributed by atoms with van der Waals surface area (Å²) in [4.78, 5) is 25.7. The highest BCUT2D eigenvalue weighted by molar-refractivity contribution is 6.03. The summed E-state index contributed by atoms with van der Waals surface area (Å²) in [7, 11) is 0. The van der Waals surface area contributed by atoms with Gasteiger partial charge in [-0.2, -0.15) is 0 Å². The number of benzene rings is 1. The van der Waals surface area contributed by atoms with E-state index in [0.29, 0.717) is 29.8 Å². The molecule has 1 aliphatic rings. The maximum atomic E-state index is 12.2. The molecule has 1 aliphatic heterocycles. The molecule has 0 radical (unpaired) electrons. The molecule has 1 fully saturated rings. The number of piperidine rings is 1. The predicted molar refractivity (Wildman–Crippen MR) is 93.8 cm³/mol. The minimum atomic E-state index is -0.547. The molecule has 132 valence electrons. The number of carbonyl (C=O) groups is 2. The first kappa shape index (κ1) is 18.4. The van der Waals surface area contributed by atoms with Gasteiger partial charge in [0, 0.05) is 19.7 Å². The van der Waals surface area contributed by atoms with Crippen molar-refractivity contribution in [2.24, 2.45) is 11.7 Å². The Morgan fingerprint density at radius 1 is 1.29 bits per heavy atom. The van der Waals surface area contributed by atoms with E-state index in [1.807, 2.05) is 0 Å². The second-order valence-corrected chi connectivity index (χ2v) is 6.66. The minimum absolute atomic E-state index is 0.134. The van der Waals surface area contributed by atoms with Gasteiger partial charge in [-0.25, -0.2) is 0 Å². The molecule has 0 atom stereocenters. The number of likely N-dealkylation sites (tertiary alicyclic amines) is 1. The molecule has 1 heterocycles. The molecule has 1 aromatic rings. The number of nitrogens with two attached hydrogens (primary N) is 1. The molecular formula is C18H27N3O3. The van der Waals surface area contributed by atoms with Crippen molar-refractivity contribution in [3.63, 3.8) is 0 Å². The Bertz CT molecular complexity index is 566. The van der Waals surface area contributed by atoms with Crippen molar-refractivity contribution < 1.29 is 14.3 Å². The summed E-state index contributed by atoms with van der Waals surface area (Å²) in [5.74, 6) is -0.140. The van der Waals surface area contributed by atoms with Gasteiger partial charge in [0.1, 0.15) is 0 Å². The van der Waals surface area contributed by atoms with Crippen molar-refractivity contribution in [3.8, 4) is 0 Å². The second-order valence-electron chi connectivity index (χ2n) is 6.66. The van der Waals surface area contributed by atoms with Crippen LogP contribution in [0.3, 0.4) is 0 Å². The molecular weight excluding hydrogens is 306 g/mol. The Hall–Kier alpha value is -1.92. The second kappa shape index (κ2) is 8.80. The number of carbonyl (C=O) groups excluding carboxylic acids is 2. The number of nitrogens with zero attached hydrogens (tertiary/aromatic N) is 1. The summed E-state index contributed by atoms with van der Waals surface area (Å²) in [6.45, 7) is 7.06. The zero-order valence-electron chi connectivity index (χ0n) is 14.5. The molecule has 0 unspecified atom stereocenters. The van der Waals surface area contributed by atoms with Gasteiger partial charge in [-0.05, 0) is 30.9 Å². The van der Waals surface area contributed by atoms with Crippen molar-refractivity contribution in [1.82, 2.24) is 4.90 Å². The first-order valence-corrected chi connectivity index (χ1v) is 8.48. The maximum Gasteiger partial charge on any atom is 0.250 e. The smallest absolute Gasteiger partial charge is 0.250 e. The molecule has 0 spiro atoms. The average molecular weight is 333 g/mol. The molecule has 2 rings (SSSR count). The van der Waals surface area contributed by atoms with E-state index < -0.39 is 5.91 Å². The van der Waals surface area contributed by atoms with E-state index in [4.69, 9.17) is 10.5 Å². The quantitative estimate of drug-likeness (QED) is 0.798. The van der Waals surface area contributed by atoms with Crippen LogP contribution in [0.1, 0.15) is 37.0 Å². The summed E-state index contributed by atoms with van der Waals surface area (Å²) in [6.07, 6.45) is 2.18. The van der Waals surface area contributed by atoms with Gasteiger partial charge < -0.3 is 15.8 Å². The van der Waals surface area contributed by atoms with Gasteiger partial charge >= 0.3 is 0 Å². The van der Waals surface area contributed by atoms with E-state index in [1.165, 1.54) is 0 Å². The molecule has 0 bridgehead atoms. The standard InChI is InChI=1S/C18H27N3O3/c1-13(2)12-24-14-7-9-21(10-8-14)11-17(22)20-16-6-4-3-5-15(16)18(19)23/h3-6,13-14H,7-12H2,1-2H3,(H2,19,23)(H,20,22). The Morgan fingerprint density at radius 3 is 2.58 bits per heavy atom. The number of anilines is 1. The van der Waals surface area contributed by atoms with E-state index in [1.54, 1.807) is 24.3 Å². The Kier molecular flexibility index (Phi) is 6.75. The van der Waals surface area contributed by atoms with Crippen LogP contribution in [0, 0.1) is 5.92 Å². The van der Waals surface area contributed by atoms with Gasteiger partial charge in [0.2, 0.25) is 5.91 Å². The summed E-state index contributed by atoms with van der Waals surface area (Å²) in [5.41, 5.74) is 6.11. The molecule has 0 aliphatic carbocycles. The summed E-state index contributed by atoms with van der Waals surface area (Å²) >= 11 is 0. The van der Waals surface area contributed by atoms with Crippen LogP contribution in [0.2, 0.25) is 0 Å². The lowest BCUT2D eigenvalue weighted by Crippen LogP contribution is -2.41. The van der Waals surface area contributed by atoms with E-state index >= 15 is 0 Å². The van der Waals surface area contributed by atoms with E-state index in [0.717, 1.165) is 32.5 Å². The maximum absolute atomic E-state index is 12.2. The number of rotatable bonds is 7. The fourth-order valence-corrected chi connectivity index (χ4v) is 2.76. The average Bonchev–Trinajstić information content (AvgIpc) is 2.54. The SMILES string of the molecule is CC(C)COC1CCN(CC(=O)Nc2ccccc2C(N)=O)CC1. The zero-order chi connectivity index (χ0) is 17.5. The molecule has 0 aromatic heterocycles. The van der Waals surface area contributed by atoms with Gasteiger partial charge in [-0.15, -0.1) is 0 Å². The van der Waals surface area contributed by atoms with Gasteiger partial charge in [0.05, 0.1) is 23.9 Å². The lowest BCUT2D eigenvalue weighted by Gasteiger charge is -2.31. The van der Waals surface area contributed by atoms with E-state index in [-0.39, 0.29) is 5.91 Å². The third kappa shape index (κ3) is 5.62. The third-order valence-electron chi connectivity index (χ3n) is 4.03. The topological polar surface area (TPSA) is 84.7 Å². The van der Waals surface area contributed by atoms with Crippen LogP contribution >= 0.6 is 0 Å². The minimum Gasteiger partial charge on any atom is -0.378 e. The highest BCUT2D eigenvalue weighted by Crippen LogP contribution is 2.16. The molecule has 0 saturated carbocycles. The van der Waals surface area contributed by atoms with Gasteiger partial charge in [0.25, 0.3) is 5.91 Å². The highest BCUT2D eigenvalue weighted by Gasteiger charge is 2.22. The van der Waals surface area contributed by atoms with E-state index in [2.05, 4.69) is 24.1 Å². The molecule has 24 heavy (non-hydrogen) atoms. The molecule has 3 N–H and O–H groups in total. The number of hydrogen-bond donors (Lipinski definition) is 2. The fraction of sp³-hybridized carbons (Fsp3) is 0.556. The van der Waals surface area contributed by atoms with Crippen LogP contribution in [-0.2, 0) is 9.53 Å². The van der Waals surface area contributed by atoms with Crippen molar-refractivity contribution in [1.29, 1.82) is 0 Å². The number of para-hydroxylation sites is 1. The van der Waals surface area contributed by atoms with Crippen molar-refractivity contribution in [3.05, 3.63) is 29.8 Å². The Labute approximate surface area is 143 Å². The number of amides is 2.